The molecule has 0 radical (unpaired) electrons. The van der Waals surface area contributed by atoms with Crippen molar-refractivity contribution < 1.29 is 22.7 Å². The van der Waals surface area contributed by atoms with Gasteiger partial charge in [-0.05, 0) is 66.6 Å². The number of sulfonamides is 1. The zero-order valence-electron chi connectivity index (χ0n) is 19.3. The molecule has 7 nitrogen and oxygen atoms in total. The lowest BCUT2D eigenvalue weighted by Crippen LogP contribution is -2.18. The highest BCUT2D eigenvalue weighted by Crippen LogP contribution is 2.30. The van der Waals surface area contributed by atoms with Crippen LogP contribution in [0.1, 0.15) is 28.4 Å². The summed E-state index contributed by atoms with van der Waals surface area (Å²) in [4.78, 5) is 15.2. The third-order valence-electron chi connectivity index (χ3n) is 5.20. The lowest BCUT2D eigenvalue weighted by molar-refractivity contribution is 0.0730. The van der Waals surface area contributed by atoms with Crippen LogP contribution >= 0.6 is 0 Å². The average Bonchev–Trinajstić information content (AvgIpc) is 2.85. The van der Waals surface area contributed by atoms with Gasteiger partial charge in [-0.3, -0.25) is 0 Å². The van der Waals surface area contributed by atoms with E-state index in [1.807, 2.05) is 44.2 Å². The maximum absolute atomic E-state index is 12.9. The van der Waals surface area contributed by atoms with Gasteiger partial charge in [0.05, 0.1) is 23.3 Å². The molecule has 0 fully saturated rings. The molecule has 0 amide bonds. The highest BCUT2D eigenvalue weighted by atomic mass is 32.2. The fraction of sp³-hybridized carbons (Fsp3) is 0.111. The Balaban J connectivity index is 1.52. The minimum absolute atomic E-state index is 0.117. The van der Waals surface area contributed by atoms with Gasteiger partial charge in [0.2, 0.25) is 0 Å². The van der Waals surface area contributed by atoms with Gasteiger partial charge in [0, 0.05) is 0 Å². The van der Waals surface area contributed by atoms with E-state index >= 15 is 0 Å². The normalized spacial score (nSPS) is 11.5. The van der Waals surface area contributed by atoms with E-state index < -0.39 is 16.0 Å². The van der Waals surface area contributed by atoms with Crippen LogP contribution in [-0.2, 0) is 10.0 Å². The molecular formula is C27H24N2O5S. The van der Waals surface area contributed by atoms with Gasteiger partial charge in [-0.2, -0.15) is 13.5 Å². The number of hydrogen-bond acceptors (Lipinski definition) is 6. The van der Waals surface area contributed by atoms with Gasteiger partial charge in [0.1, 0.15) is 0 Å². The molecule has 35 heavy (non-hydrogen) atoms. The summed E-state index contributed by atoms with van der Waals surface area (Å²) < 4.78 is 36.1. The molecule has 4 aromatic carbocycles. The summed E-state index contributed by atoms with van der Waals surface area (Å²) in [6, 6.07) is 24.3. The molecule has 0 aromatic heterocycles. The van der Waals surface area contributed by atoms with Gasteiger partial charge in [-0.25, -0.2) is 9.63 Å². The number of nitrogens with one attached hydrogen (secondary N) is 1. The van der Waals surface area contributed by atoms with Crippen molar-refractivity contribution in [3.63, 3.8) is 0 Å². The third-order valence-corrected chi connectivity index (χ3v) is 6.44. The number of fused-ring (bicyclic) bond motifs is 1. The van der Waals surface area contributed by atoms with Crippen molar-refractivity contribution in [1.82, 2.24) is 4.83 Å². The number of benzene rings is 4. The molecular weight excluding hydrogens is 464 g/mol. The van der Waals surface area contributed by atoms with E-state index in [-0.39, 0.29) is 10.6 Å². The topological polar surface area (TPSA) is 94.1 Å². The molecule has 178 valence electrons. The van der Waals surface area contributed by atoms with Crippen molar-refractivity contribution in [3.8, 4) is 11.5 Å². The predicted octanol–water partition coefficient (Wildman–Crippen LogP) is 5.08. The van der Waals surface area contributed by atoms with Crippen molar-refractivity contribution in [1.29, 1.82) is 0 Å². The highest BCUT2D eigenvalue weighted by Gasteiger charge is 2.16. The van der Waals surface area contributed by atoms with Crippen molar-refractivity contribution in [2.45, 2.75) is 18.7 Å². The second-order valence-corrected chi connectivity index (χ2v) is 9.38. The van der Waals surface area contributed by atoms with Gasteiger partial charge >= 0.3 is 5.97 Å². The lowest BCUT2D eigenvalue weighted by atomic mass is 10.0. The number of hydrazone groups is 1. The van der Waals surface area contributed by atoms with Crippen LogP contribution in [0.5, 0.6) is 11.5 Å². The van der Waals surface area contributed by atoms with E-state index in [1.165, 1.54) is 18.3 Å². The van der Waals surface area contributed by atoms with E-state index in [9.17, 15) is 13.2 Å². The Hall–Kier alpha value is -4.17. The van der Waals surface area contributed by atoms with Crippen molar-refractivity contribution in [2.24, 2.45) is 5.10 Å². The van der Waals surface area contributed by atoms with Gasteiger partial charge in [0.25, 0.3) is 10.0 Å². The van der Waals surface area contributed by atoms with E-state index in [2.05, 4.69) is 9.93 Å². The number of hydrogen-bond donors (Lipinski definition) is 1. The summed E-state index contributed by atoms with van der Waals surface area (Å²) in [5.41, 5.74) is 1.96. The van der Waals surface area contributed by atoms with Crippen LogP contribution in [0.3, 0.4) is 0 Å². The molecule has 0 heterocycles. The molecule has 0 bridgehead atoms. The molecule has 0 unspecified atom stereocenters. The summed E-state index contributed by atoms with van der Waals surface area (Å²) in [5, 5.41) is 5.59. The zero-order valence-corrected chi connectivity index (χ0v) is 20.1. The summed E-state index contributed by atoms with van der Waals surface area (Å²) in [7, 11) is -3.79. The average molecular weight is 489 g/mol. The van der Waals surface area contributed by atoms with Crippen LogP contribution in [0.2, 0.25) is 0 Å². The van der Waals surface area contributed by atoms with E-state index in [0.29, 0.717) is 23.5 Å². The van der Waals surface area contributed by atoms with Gasteiger partial charge < -0.3 is 9.47 Å². The van der Waals surface area contributed by atoms with Crippen molar-refractivity contribution in [2.75, 3.05) is 6.61 Å². The fourth-order valence-corrected chi connectivity index (χ4v) is 4.25. The Morgan fingerprint density at radius 2 is 1.69 bits per heavy atom. The molecule has 4 aromatic rings. The Bertz CT molecular complexity index is 1490. The maximum atomic E-state index is 12.9. The van der Waals surface area contributed by atoms with Crippen LogP contribution < -0.4 is 14.3 Å². The Kier molecular flexibility index (Phi) is 7.12. The monoisotopic (exact) mass is 488 g/mol. The van der Waals surface area contributed by atoms with Crippen LogP contribution in [0, 0.1) is 6.92 Å². The smallest absolute Gasteiger partial charge is 0.344 e. The first-order valence-corrected chi connectivity index (χ1v) is 12.4. The SMILES string of the molecule is CCOc1cc(/C=N\NS(=O)(=O)c2ccc(C)cc2)ccc1OC(=O)c1cccc2ccccc12. The first kappa shape index (κ1) is 24.0. The van der Waals surface area contributed by atoms with Crippen LogP contribution in [0.15, 0.2) is 94.9 Å². The van der Waals surface area contributed by atoms with E-state index in [0.717, 1.165) is 16.3 Å². The van der Waals surface area contributed by atoms with Gasteiger partial charge in [-0.15, -0.1) is 0 Å². The Labute approximate surface area is 204 Å². The molecule has 0 aliphatic rings. The lowest BCUT2D eigenvalue weighted by Gasteiger charge is -2.12. The number of carbonyl (C=O) groups excluding carboxylic acids is 1. The molecule has 1 N–H and O–H groups in total. The number of nitrogens with zero attached hydrogens (tertiary/aromatic N) is 1. The summed E-state index contributed by atoms with van der Waals surface area (Å²) in [6.45, 7) is 4.03. The predicted molar refractivity (Wildman–Crippen MR) is 136 cm³/mol. The number of rotatable bonds is 8. The summed E-state index contributed by atoms with van der Waals surface area (Å²) >= 11 is 0. The van der Waals surface area contributed by atoms with Crippen LogP contribution in [-0.4, -0.2) is 27.2 Å². The largest absolute Gasteiger partial charge is 0.490 e. The Morgan fingerprint density at radius 3 is 2.46 bits per heavy atom. The number of esters is 1. The fourth-order valence-electron chi connectivity index (χ4n) is 3.46. The molecule has 0 saturated carbocycles. The first-order chi connectivity index (χ1) is 16.9. The van der Waals surface area contributed by atoms with E-state index in [1.54, 1.807) is 42.5 Å². The minimum atomic E-state index is -3.79. The molecule has 0 aliphatic carbocycles. The Morgan fingerprint density at radius 1 is 0.943 bits per heavy atom. The summed E-state index contributed by atoms with van der Waals surface area (Å²) in [6.07, 6.45) is 1.35. The van der Waals surface area contributed by atoms with Crippen LogP contribution in [0.4, 0.5) is 0 Å². The van der Waals surface area contributed by atoms with E-state index in [4.69, 9.17) is 9.47 Å². The van der Waals surface area contributed by atoms with Gasteiger partial charge in [0.15, 0.2) is 11.5 Å². The second kappa shape index (κ2) is 10.4. The summed E-state index contributed by atoms with van der Waals surface area (Å²) in [5.74, 6) is 0.0867. The third kappa shape index (κ3) is 5.67. The number of aryl methyl sites for hydroxylation is 1. The zero-order chi connectivity index (χ0) is 24.8. The molecule has 0 aliphatic heterocycles. The number of carbonyl (C=O) groups is 1. The van der Waals surface area contributed by atoms with Crippen LogP contribution in [0.25, 0.3) is 10.8 Å². The molecule has 0 spiro atoms. The highest BCUT2D eigenvalue weighted by molar-refractivity contribution is 7.89. The standard InChI is InChI=1S/C27H24N2O5S/c1-3-33-26-17-20(18-28-29-35(31,32)22-14-11-19(2)12-15-22)13-16-25(26)34-27(30)24-10-6-8-21-7-4-5-9-23(21)24/h4-18,29H,3H2,1-2H3/b28-18-. The van der Waals surface area contributed by atoms with Crippen molar-refractivity contribution >= 4 is 33.0 Å². The second-order valence-electron chi connectivity index (χ2n) is 7.72. The molecule has 4 rings (SSSR count). The molecule has 0 saturated heterocycles. The first-order valence-electron chi connectivity index (χ1n) is 11.0. The molecule has 8 heteroatoms. The quantitative estimate of drug-likeness (QED) is 0.162. The maximum Gasteiger partial charge on any atom is 0.344 e. The minimum Gasteiger partial charge on any atom is -0.490 e. The van der Waals surface area contributed by atoms with Crippen molar-refractivity contribution in [3.05, 3.63) is 102 Å². The van der Waals surface area contributed by atoms with Gasteiger partial charge in [-0.1, -0.05) is 54.1 Å². The molecule has 0 atom stereocenters. The number of ether oxygens (including phenoxy) is 2.